The summed E-state index contributed by atoms with van der Waals surface area (Å²) in [6.07, 6.45) is 1.60. The molecule has 1 unspecified atom stereocenters. The van der Waals surface area contributed by atoms with Crippen LogP contribution in [0.5, 0.6) is 5.75 Å². The minimum Gasteiger partial charge on any atom is -0.481 e. The van der Waals surface area contributed by atoms with Crippen molar-refractivity contribution in [2.45, 2.75) is 32.8 Å². The molecule has 0 aromatic heterocycles. The van der Waals surface area contributed by atoms with Gasteiger partial charge in [0.05, 0.1) is 0 Å². The van der Waals surface area contributed by atoms with Gasteiger partial charge in [-0.1, -0.05) is 30.3 Å². The van der Waals surface area contributed by atoms with Gasteiger partial charge in [0.15, 0.2) is 6.10 Å². The van der Waals surface area contributed by atoms with E-state index in [9.17, 15) is 4.79 Å². The number of nitrogens with zero attached hydrogens (tertiary/aromatic N) is 2. The van der Waals surface area contributed by atoms with E-state index in [1.165, 1.54) is 5.69 Å². The van der Waals surface area contributed by atoms with Gasteiger partial charge in [-0.25, -0.2) is 0 Å². The number of unbranched alkanes of at least 4 members (excludes halogenated alkanes) is 1. The van der Waals surface area contributed by atoms with Crippen LogP contribution in [0.15, 0.2) is 54.6 Å². The van der Waals surface area contributed by atoms with Crippen molar-refractivity contribution in [2.24, 2.45) is 0 Å². The van der Waals surface area contributed by atoms with Crippen molar-refractivity contribution in [1.82, 2.24) is 10.2 Å². The highest BCUT2D eigenvalue weighted by molar-refractivity contribution is 5.80. The van der Waals surface area contributed by atoms with Crippen LogP contribution >= 0.6 is 0 Å². The monoisotopic (exact) mass is 395 g/mol. The first-order chi connectivity index (χ1) is 14.1. The highest BCUT2D eigenvalue weighted by Gasteiger charge is 2.17. The SMILES string of the molecule is Cc1cccc(OC(C)C(=O)NCCCCN2CCN(c3ccccc3)CC2)c1. The number of carbonyl (C=O) groups excluding carboxylic acids is 1. The molecule has 1 saturated heterocycles. The third-order valence-corrected chi connectivity index (χ3v) is 5.37. The molecule has 1 amide bonds. The van der Waals surface area contributed by atoms with Gasteiger partial charge in [-0.15, -0.1) is 0 Å². The van der Waals surface area contributed by atoms with E-state index in [4.69, 9.17) is 4.74 Å². The van der Waals surface area contributed by atoms with Crippen LogP contribution in [-0.2, 0) is 4.79 Å². The molecule has 1 heterocycles. The molecule has 5 nitrogen and oxygen atoms in total. The van der Waals surface area contributed by atoms with Crippen molar-refractivity contribution in [1.29, 1.82) is 0 Å². The smallest absolute Gasteiger partial charge is 0.260 e. The maximum atomic E-state index is 12.2. The molecular formula is C24H33N3O2. The first kappa shape index (κ1) is 21.2. The fourth-order valence-electron chi connectivity index (χ4n) is 3.63. The van der Waals surface area contributed by atoms with Crippen molar-refractivity contribution in [3.05, 3.63) is 60.2 Å². The summed E-state index contributed by atoms with van der Waals surface area (Å²) >= 11 is 0. The Morgan fingerprint density at radius 1 is 1.03 bits per heavy atom. The Morgan fingerprint density at radius 2 is 1.79 bits per heavy atom. The van der Waals surface area contributed by atoms with E-state index in [2.05, 4.69) is 45.4 Å². The zero-order chi connectivity index (χ0) is 20.5. The van der Waals surface area contributed by atoms with Crippen molar-refractivity contribution >= 4 is 11.6 Å². The molecule has 3 rings (SSSR count). The van der Waals surface area contributed by atoms with Gasteiger partial charge >= 0.3 is 0 Å². The second-order valence-electron chi connectivity index (χ2n) is 7.74. The number of carbonyl (C=O) groups is 1. The molecule has 29 heavy (non-hydrogen) atoms. The number of piperazine rings is 1. The topological polar surface area (TPSA) is 44.8 Å². The van der Waals surface area contributed by atoms with Crippen LogP contribution in [0, 0.1) is 6.92 Å². The summed E-state index contributed by atoms with van der Waals surface area (Å²) in [5.74, 6) is 0.685. The molecule has 156 valence electrons. The number of benzene rings is 2. The normalized spacial score (nSPS) is 15.7. The molecule has 0 spiro atoms. The molecule has 0 radical (unpaired) electrons. The molecule has 1 N–H and O–H groups in total. The van der Waals surface area contributed by atoms with Crippen molar-refractivity contribution in [3.8, 4) is 5.75 Å². The lowest BCUT2D eigenvalue weighted by Crippen LogP contribution is -2.46. The maximum Gasteiger partial charge on any atom is 0.260 e. The standard InChI is InChI=1S/C24H33N3O2/c1-20-9-8-12-23(19-20)29-21(2)24(28)25-13-6-7-14-26-15-17-27(18-16-26)22-10-4-3-5-11-22/h3-5,8-12,19,21H,6-7,13-18H2,1-2H3,(H,25,28). The minimum absolute atomic E-state index is 0.0528. The molecule has 1 atom stereocenters. The number of ether oxygens (including phenoxy) is 1. The van der Waals surface area contributed by atoms with Crippen LogP contribution in [0.4, 0.5) is 5.69 Å². The van der Waals surface area contributed by atoms with Gasteiger partial charge in [0.2, 0.25) is 0 Å². The van der Waals surface area contributed by atoms with Gasteiger partial charge in [-0.2, -0.15) is 0 Å². The zero-order valence-electron chi connectivity index (χ0n) is 17.6. The van der Waals surface area contributed by atoms with Crippen LogP contribution in [0.2, 0.25) is 0 Å². The molecule has 1 aliphatic heterocycles. The second kappa shape index (κ2) is 10.9. The predicted molar refractivity (Wildman–Crippen MR) is 119 cm³/mol. The molecule has 1 fully saturated rings. The largest absolute Gasteiger partial charge is 0.481 e. The summed E-state index contributed by atoms with van der Waals surface area (Å²) in [5.41, 5.74) is 2.44. The molecule has 2 aromatic rings. The molecular weight excluding hydrogens is 362 g/mol. The Kier molecular flexibility index (Phi) is 7.94. The minimum atomic E-state index is -0.483. The molecule has 0 bridgehead atoms. The highest BCUT2D eigenvalue weighted by Crippen LogP contribution is 2.16. The first-order valence-corrected chi connectivity index (χ1v) is 10.7. The summed E-state index contributed by atoms with van der Waals surface area (Å²) in [4.78, 5) is 17.2. The number of hydrogen-bond acceptors (Lipinski definition) is 4. The quantitative estimate of drug-likeness (QED) is 0.660. The summed E-state index contributed by atoms with van der Waals surface area (Å²) in [6, 6.07) is 18.4. The fourth-order valence-corrected chi connectivity index (χ4v) is 3.63. The lowest BCUT2D eigenvalue weighted by molar-refractivity contribution is -0.127. The van der Waals surface area contributed by atoms with Gasteiger partial charge in [-0.3, -0.25) is 9.69 Å². The summed E-state index contributed by atoms with van der Waals surface area (Å²) in [5, 5.41) is 2.99. The number of anilines is 1. The van der Waals surface area contributed by atoms with E-state index >= 15 is 0 Å². The van der Waals surface area contributed by atoms with Crippen molar-refractivity contribution in [3.63, 3.8) is 0 Å². The lowest BCUT2D eigenvalue weighted by atomic mass is 10.2. The second-order valence-corrected chi connectivity index (χ2v) is 7.74. The number of hydrogen-bond donors (Lipinski definition) is 1. The number of aryl methyl sites for hydroxylation is 1. The number of amides is 1. The Balaban J connectivity index is 1.27. The predicted octanol–water partition coefficient (Wildman–Crippen LogP) is 3.48. The molecule has 1 aliphatic rings. The average molecular weight is 396 g/mol. The van der Waals surface area contributed by atoms with E-state index in [0.29, 0.717) is 6.54 Å². The number of nitrogens with one attached hydrogen (secondary N) is 1. The Labute approximate surface area is 174 Å². The highest BCUT2D eigenvalue weighted by atomic mass is 16.5. The van der Waals surface area contributed by atoms with Crippen LogP contribution < -0.4 is 15.0 Å². The summed E-state index contributed by atoms with van der Waals surface area (Å²) < 4.78 is 5.73. The third kappa shape index (κ3) is 6.79. The molecule has 0 aliphatic carbocycles. The van der Waals surface area contributed by atoms with E-state index in [1.807, 2.05) is 31.2 Å². The Hall–Kier alpha value is -2.53. The van der Waals surface area contributed by atoms with Crippen LogP contribution in [0.1, 0.15) is 25.3 Å². The van der Waals surface area contributed by atoms with E-state index < -0.39 is 6.10 Å². The van der Waals surface area contributed by atoms with Gasteiger partial charge < -0.3 is 15.0 Å². The Morgan fingerprint density at radius 3 is 2.52 bits per heavy atom. The first-order valence-electron chi connectivity index (χ1n) is 10.7. The van der Waals surface area contributed by atoms with Crippen LogP contribution in [0.3, 0.4) is 0 Å². The van der Waals surface area contributed by atoms with E-state index in [1.54, 1.807) is 6.92 Å². The van der Waals surface area contributed by atoms with Gasteiger partial charge in [0.25, 0.3) is 5.91 Å². The van der Waals surface area contributed by atoms with Gasteiger partial charge in [0, 0.05) is 38.4 Å². The maximum absolute atomic E-state index is 12.2. The van der Waals surface area contributed by atoms with Gasteiger partial charge in [-0.05, 0) is 63.1 Å². The van der Waals surface area contributed by atoms with Crippen LogP contribution in [0.25, 0.3) is 0 Å². The molecule has 2 aromatic carbocycles. The Bertz CT molecular complexity index is 758. The molecule has 5 heteroatoms. The number of para-hydroxylation sites is 1. The van der Waals surface area contributed by atoms with E-state index in [-0.39, 0.29) is 5.91 Å². The zero-order valence-corrected chi connectivity index (χ0v) is 17.6. The average Bonchev–Trinajstić information content (AvgIpc) is 2.74. The van der Waals surface area contributed by atoms with E-state index in [0.717, 1.165) is 56.9 Å². The number of rotatable bonds is 9. The lowest BCUT2D eigenvalue weighted by Gasteiger charge is -2.36. The summed E-state index contributed by atoms with van der Waals surface area (Å²) in [6.45, 7) is 9.95. The third-order valence-electron chi connectivity index (χ3n) is 5.37. The fraction of sp³-hybridized carbons (Fsp3) is 0.458. The van der Waals surface area contributed by atoms with Crippen LogP contribution in [-0.4, -0.2) is 56.2 Å². The molecule has 0 saturated carbocycles. The van der Waals surface area contributed by atoms with Crippen molar-refractivity contribution < 1.29 is 9.53 Å². The summed E-state index contributed by atoms with van der Waals surface area (Å²) in [7, 11) is 0. The van der Waals surface area contributed by atoms with Gasteiger partial charge in [0.1, 0.15) is 5.75 Å². The van der Waals surface area contributed by atoms with Crippen molar-refractivity contribution in [2.75, 3.05) is 44.2 Å².